The number of carbonyl (C=O) groups excluding carboxylic acids is 1. The van der Waals surface area contributed by atoms with Crippen LogP contribution in [0, 0.1) is 0 Å². The van der Waals surface area contributed by atoms with Crippen LogP contribution in [0.15, 0.2) is 24.5 Å². The largest absolute Gasteiger partial charge is 0.292 e. The highest BCUT2D eigenvalue weighted by molar-refractivity contribution is 6.03. The Morgan fingerprint density at radius 2 is 2.00 bits per heavy atom. The van der Waals surface area contributed by atoms with E-state index < -0.39 is 0 Å². The highest BCUT2D eigenvalue weighted by Crippen LogP contribution is 2.37. The van der Waals surface area contributed by atoms with Crippen LogP contribution in [-0.2, 0) is 0 Å². The predicted molar refractivity (Wildman–Crippen MR) is 72.7 cm³/mol. The molecule has 0 unspecified atom stereocenters. The number of nitrogens with zero attached hydrogens (tertiary/aromatic N) is 2. The molecule has 1 saturated carbocycles. The lowest BCUT2D eigenvalue weighted by Gasteiger charge is -2.39. The molecular weight excluding hydrogens is 224 g/mol. The van der Waals surface area contributed by atoms with Crippen molar-refractivity contribution in [3.05, 3.63) is 30.1 Å². The molecule has 0 bridgehead atoms. The zero-order chi connectivity index (χ0) is 13.0. The molecule has 0 aliphatic heterocycles. The van der Waals surface area contributed by atoms with E-state index in [9.17, 15) is 4.79 Å². The summed E-state index contributed by atoms with van der Waals surface area (Å²) in [5, 5.41) is 0. The molecule has 3 heteroatoms. The van der Waals surface area contributed by atoms with E-state index >= 15 is 0 Å². The van der Waals surface area contributed by atoms with Crippen LogP contribution in [0.5, 0.6) is 0 Å². The van der Waals surface area contributed by atoms with Crippen LogP contribution < -0.4 is 0 Å². The van der Waals surface area contributed by atoms with Crippen LogP contribution in [0.25, 0.3) is 0 Å². The van der Waals surface area contributed by atoms with Gasteiger partial charge in [-0.2, -0.15) is 0 Å². The summed E-state index contributed by atoms with van der Waals surface area (Å²) in [7, 11) is 0. The van der Waals surface area contributed by atoms with Crippen molar-refractivity contribution in [2.75, 3.05) is 13.1 Å². The average Bonchev–Trinajstić information content (AvgIpc) is 2.91. The van der Waals surface area contributed by atoms with E-state index in [-0.39, 0.29) is 11.3 Å². The van der Waals surface area contributed by atoms with Crippen molar-refractivity contribution in [2.24, 2.45) is 0 Å². The molecule has 0 N–H and O–H groups in total. The number of hydrogen-bond acceptors (Lipinski definition) is 3. The van der Waals surface area contributed by atoms with Gasteiger partial charge in [0.1, 0.15) is 0 Å². The third-order valence-electron chi connectivity index (χ3n) is 4.15. The number of hydrogen-bond donors (Lipinski definition) is 0. The van der Waals surface area contributed by atoms with Crippen molar-refractivity contribution in [1.29, 1.82) is 0 Å². The van der Waals surface area contributed by atoms with Crippen molar-refractivity contribution in [3.8, 4) is 0 Å². The van der Waals surface area contributed by atoms with Gasteiger partial charge in [0, 0.05) is 18.0 Å². The van der Waals surface area contributed by atoms with Gasteiger partial charge in [-0.05, 0) is 38.1 Å². The van der Waals surface area contributed by atoms with Gasteiger partial charge in [-0.25, -0.2) is 0 Å². The Hall–Kier alpha value is -1.22. The first kappa shape index (κ1) is 13.2. The lowest BCUT2D eigenvalue weighted by molar-refractivity contribution is 0.0584. The van der Waals surface area contributed by atoms with Gasteiger partial charge in [-0.1, -0.05) is 26.7 Å². The smallest absolute Gasteiger partial charge is 0.184 e. The maximum atomic E-state index is 12.8. The van der Waals surface area contributed by atoms with Crippen LogP contribution in [0.3, 0.4) is 0 Å². The zero-order valence-corrected chi connectivity index (χ0v) is 11.4. The summed E-state index contributed by atoms with van der Waals surface area (Å²) in [6.07, 6.45) is 7.71. The summed E-state index contributed by atoms with van der Waals surface area (Å²) in [6, 6.07) is 3.73. The van der Waals surface area contributed by atoms with Gasteiger partial charge in [-0.3, -0.25) is 14.7 Å². The molecule has 1 aliphatic rings. The summed E-state index contributed by atoms with van der Waals surface area (Å²) in [6.45, 7) is 6.14. The molecule has 0 aromatic carbocycles. The molecular formula is C15H22N2O. The summed E-state index contributed by atoms with van der Waals surface area (Å²) in [5.41, 5.74) is 0.485. The summed E-state index contributed by atoms with van der Waals surface area (Å²) in [5.74, 6) is 0.261. The third-order valence-corrected chi connectivity index (χ3v) is 4.15. The van der Waals surface area contributed by atoms with E-state index in [1.165, 1.54) is 0 Å². The number of likely N-dealkylation sites (N-methyl/N-ethyl adjacent to an activating group) is 1. The van der Waals surface area contributed by atoms with Crippen LogP contribution in [0.2, 0.25) is 0 Å². The highest BCUT2D eigenvalue weighted by Gasteiger charge is 2.45. The van der Waals surface area contributed by atoms with Gasteiger partial charge in [0.05, 0.1) is 5.54 Å². The Morgan fingerprint density at radius 3 is 2.50 bits per heavy atom. The number of rotatable bonds is 5. The first-order valence-electron chi connectivity index (χ1n) is 6.94. The van der Waals surface area contributed by atoms with Gasteiger partial charge < -0.3 is 0 Å². The Bertz CT molecular complexity index is 392. The Kier molecular flexibility index (Phi) is 4.12. The normalized spacial score (nSPS) is 18.2. The molecule has 0 saturated heterocycles. The monoisotopic (exact) mass is 246 g/mol. The highest BCUT2D eigenvalue weighted by atomic mass is 16.1. The second-order valence-electron chi connectivity index (χ2n) is 4.98. The lowest BCUT2D eigenvalue weighted by Crippen LogP contribution is -2.52. The molecule has 1 heterocycles. The maximum absolute atomic E-state index is 12.8. The average molecular weight is 246 g/mol. The fourth-order valence-corrected chi connectivity index (χ4v) is 3.24. The molecule has 1 aliphatic carbocycles. The molecule has 0 atom stereocenters. The molecule has 0 amide bonds. The molecule has 1 aromatic heterocycles. The third kappa shape index (κ3) is 2.19. The fourth-order valence-electron chi connectivity index (χ4n) is 3.24. The summed E-state index contributed by atoms with van der Waals surface area (Å²) < 4.78 is 0. The SMILES string of the molecule is CCN(CC)C1(C(=O)c2cccnc2)CCCC1. The first-order valence-corrected chi connectivity index (χ1v) is 6.94. The van der Waals surface area contributed by atoms with E-state index in [4.69, 9.17) is 0 Å². The van der Waals surface area contributed by atoms with E-state index in [2.05, 4.69) is 23.7 Å². The van der Waals surface area contributed by atoms with Crippen LogP contribution in [0.4, 0.5) is 0 Å². The zero-order valence-electron chi connectivity index (χ0n) is 11.4. The minimum atomic E-state index is -0.271. The van der Waals surface area contributed by atoms with E-state index in [1.54, 1.807) is 12.4 Å². The van der Waals surface area contributed by atoms with Crippen LogP contribution in [0.1, 0.15) is 49.9 Å². The van der Waals surface area contributed by atoms with Crippen molar-refractivity contribution >= 4 is 5.78 Å². The fraction of sp³-hybridized carbons (Fsp3) is 0.600. The second-order valence-corrected chi connectivity index (χ2v) is 4.98. The summed E-state index contributed by atoms with van der Waals surface area (Å²) >= 11 is 0. The number of Topliss-reactive ketones (excluding diaryl/α,β-unsaturated/α-hetero) is 1. The van der Waals surface area contributed by atoms with Gasteiger partial charge in [0.2, 0.25) is 0 Å². The molecule has 0 radical (unpaired) electrons. The minimum Gasteiger partial charge on any atom is -0.292 e. The number of ketones is 1. The quantitative estimate of drug-likeness (QED) is 0.749. The molecule has 98 valence electrons. The maximum Gasteiger partial charge on any atom is 0.184 e. The Balaban J connectivity index is 2.33. The molecule has 1 aromatic rings. The predicted octanol–water partition coefficient (Wildman–Crippen LogP) is 2.92. The Morgan fingerprint density at radius 1 is 1.33 bits per heavy atom. The van der Waals surface area contributed by atoms with Crippen molar-refractivity contribution in [2.45, 2.75) is 45.1 Å². The van der Waals surface area contributed by atoms with Crippen molar-refractivity contribution in [1.82, 2.24) is 9.88 Å². The van der Waals surface area contributed by atoms with Gasteiger partial charge in [-0.15, -0.1) is 0 Å². The van der Waals surface area contributed by atoms with E-state index in [0.717, 1.165) is 44.3 Å². The van der Waals surface area contributed by atoms with Crippen molar-refractivity contribution < 1.29 is 4.79 Å². The molecule has 18 heavy (non-hydrogen) atoms. The first-order chi connectivity index (χ1) is 8.74. The van der Waals surface area contributed by atoms with E-state index in [1.807, 2.05) is 12.1 Å². The topological polar surface area (TPSA) is 33.2 Å². The standard InChI is InChI=1S/C15H22N2O/c1-3-17(4-2)15(9-5-6-10-15)14(18)13-8-7-11-16-12-13/h7-8,11-12H,3-6,9-10H2,1-2H3. The molecule has 2 rings (SSSR count). The Labute approximate surface area is 109 Å². The van der Waals surface area contributed by atoms with Gasteiger partial charge >= 0.3 is 0 Å². The van der Waals surface area contributed by atoms with Crippen LogP contribution in [-0.4, -0.2) is 34.3 Å². The van der Waals surface area contributed by atoms with Gasteiger partial charge in [0.15, 0.2) is 5.78 Å². The lowest BCUT2D eigenvalue weighted by atomic mass is 9.86. The summed E-state index contributed by atoms with van der Waals surface area (Å²) in [4.78, 5) is 19.3. The number of aromatic nitrogens is 1. The molecule has 3 nitrogen and oxygen atoms in total. The van der Waals surface area contributed by atoms with Gasteiger partial charge in [0.25, 0.3) is 0 Å². The minimum absolute atomic E-state index is 0.261. The number of pyridine rings is 1. The van der Waals surface area contributed by atoms with Crippen LogP contribution >= 0.6 is 0 Å². The number of carbonyl (C=O) groups is 1. The van der Waals surface area contributed by atoms with E-state index in [0.29, 0.717) is 0 Å². The second kappa shape index (κ2) is 5.61. The van der Waals surface area contributed by atoms with Crippen molar-refractivity contribution in [3.63, 3.8) is 0 Å². The molecule has 1 fully saturated rings. The molecule has 0 spiro atoms.